The van der Waals surface area contributed by atoms with Gasteiger partial charge in [0.1, 0.15) is 0 Å². The molecule has 0 saturated heterocycles. The van der Waals surface area contributed by atoms with Gasteiger partial charge in [0, 0.05) is 12.4 Å². The van der Waals surface area contributed by atoms with Crippen molar-refractivity contribution in [2.24, 2.45) is 7.05 Å². The molecule has 0 spiro atoms. The highest BCUT2D eigenvalue weighted by molar-refractivity contribution is 5.82. The SMILES string of the molecule is CCc1nn(C)c2cc(C)ccc12. The Balaban J connectivity index is 2.80. The highest BCUT2D eigenvalue weighted by atomic mass is 15.3. The first-order chi connectivity index (χ1) is 6.22. The number of hydrogen-bond acceptors (Lipinski definition) is 1. The topological polar surface area (TPSA) is 17.8 Å². The minimum Gasteiger partial charge on any atom is -0.268 e. The van der Waals surface area contributed by atoms with Gasteiger partial charge in [0.2, 0.25) is 0 Å². The molecule has 0 aliphatic rings. The monoisotopic (exact) mass is 174 g/mol. The van der Waals surface area contributed by atoms with Gasteiger partial charge in [-0.1, -0.05) is 19.1 Å². The molecule has 0 amide bonds. The van der Waals surface area contributed by atoms with Crippen LogP contribution in [0.3, 0.4) is 0 Å². The number of aryl methyl sites for hydroxylation is 3. The molecule has 0 unspecified atom stereocenters. The lowest BCUT2D eigenvalue weighted by molar-refractivity contribution is 0.770. The van der Waals surface area contributed by atoms with E-state index in [1.165, 1.54) is 22.2 Å². The molecule has 2 heteroatoms. The molecular weight excluding hydrogens is 160 g/mol. The van der Waals surface area contributed by atoms with Crippen molar-refractivity contribution in [3.8, 4) is 0 Å². The largest absolute Gasteiger partial charge is 0.268 e. The fraction of sp³-hybridized carbons (Fsp3) is 0.364. The molecule has 68 valence electrons. The summed E-state index contributed by atoms with van der Waals surface area (Å²) in [6, 6.07) is 6.49. The van der Waals surface area contributed by atoms with Crippen LogP contribution in [0.4, 0.5) is 0 Å². The summed E-state index contributed by atoms with van der Waals surface area (Å²) in [6.45, 7) is 4.25. The van der Waals surface area contributed by atoms with Gasteiger partial charge in [0.15, 0.2) is 0 Å². The lowest BCUT2D eigenvalue weighted by Crippen LogP contribution is -1.90. The summed E-state index contributed by atoms with van der Waals surface area (Å²) in [5.41, 5.74) is 3.72. The molecule has 2 aromatic rings. The summed E-state index contributed by atoms with van der Waals surface area (Å²) in [5.74, 6) is 0. The van der Waals surface area contributed by atoms with Crippen molar-refractivity contribution in [2.45, 2.75) is 20.3 Å². The molecule has 2 nitrogen and oxygen atoms in total. The van der Waals surface area contributed by atoms with Crippen LogP contribution in [0, 0.1) is 6.92 Å². The molecule has 0 saturated carbocycles. The third-order valence-electron chi connectivity index (χ3n) is 2.42. The van der Waals surface area contributed by atoms with Gasteiger partial charge in [-0.15, -0.1) is 0 Å². The fourth-order valence-electron chi connectivity index (χ4n) is 1.70. The fourth-order valence-corrected chi connectivity index (χ4v) is 1.70. The molecule has 0 radical (unpaired) electrons. The van der Waals surface area contributed by atoms with Crippen LogP contribution in [-0.2, 0) is 13.5 Å². The molecule has 0 bridgehead atoms. The van der Waals surface area contributed by atoms with E-state index >= 15 is 0 Å². The summed E-state index contributed by atoms with van der Waals surface area (Å²) >= 11 is 0. The van der Waals surface area contributed by atoms with Crippen LogP contribution in [-0.4, -0.2) is 9.78 Å². The molecule has 0 aliphatic carbocycles. The summed E-state index contributed by atoms with van der Waals surface area (Å²) in [7, 11) is 2.00. The van der Waals surface area contributed by atoms with Crippen LogP contribution < -0.4 is 0 Å². The minimum atomic E-state index is 1.00. The van der Waals surface area contributed by atoms with E-state index < -0.39 is 0 Å². The summed E-state index contributed by atoms with van der Waals surface area (Å²) < 4.78 is 1.96. The normalized spacial score (nSPS) is 11.0. The van der Waals surface area contributed by atoms with E-state index in [0.29, 0.717) is 0 Å². The van der Waals surface area contributed by atoms with E-state index in [0.717, 1.165) is 6.42 Å². The number of rotatable bonds is 1. The first-order valence-electron chi connectivity index (χ1n) is 4.64. The van der Waals surface area contributed by atoms with Gasteiger partial charge >= 0.3 is 0 Å². The van der Waals surface area contributed by atoms with Crippen LogP contribution in [0.15, 0.2) is 18.2 Å². The smallest absolute Gasteiger partial charge is 0.0700 e. The van der Waals surface area contributed by atoms with Gasteiger partial charge < -0.3 is 0 Å². The second-order valence-electron chi connectivity index (χ2n) is 3.44. The lowest BCUT2D eigenvalue weighted by Gasteiger charge is -1.95. The maximum Gasteiger partial charge on any atom is 0.0700 e. The Labute approximate surface area is 78.2 Å². The van der Waals surface area contributed by atoms with Crippen molar-refractivity contribution in [1.82, 2.24) is 9.78 Å². The Bertz CT molecular complexity index is 441. The van der Waals surface area contributed by atoms with Gasteiger partial charge in [-0.2, -0.15) is 5.10 Å². The molecule has 0 atom stereocenters. The molecule has 0 fully saturated rings. The first-order valence-corrected chi connectivity index (χ1v) is 4.64. The standard InChI is InChI=1S/C11H14N2/c1-4-10-9-6-5-8(2)7-11(9)13(3)12-10/h5-7H,4H2,1-3H3. The number of nitrogens with zero attached hydrogens (tertiary/aromatic N) is 2. The van der Waals surface area contributed by atoms with Crippen molar-refractivity contribution in [2.75, 3.05) is 0 Å². The Morgan fingerprint density at radius 1 is 1.38 bits per heavy atom. The van der Waals surface area contributed by atoms with Gasteiger partial charge in [-0.3, -0.25) is 4.68 Å². The van der Waals surface area contributed by atoms with Gasteiger partial charge in [-0.05, 0) is 25.0 Å². The highest BCUT2D eigenvalue weighted by Crippen LogP contribution is 2.19. The van der Waals surface area contributed by atoms with E-state index in [2.05, 4.69) is 37.1 Å². The summed E-state index contributed by atoms with van der Waals surface area (Å²) in [6.07, 6.45) is 1.00. The van der Waals surface area contributed by atoms with Gasteiger partial charge in [0.25, 0.3) is 0 Å². The minimum absolute atomic E-state index is 1.00. The molecule has 2 rings (SSSR count). The molecular formula is C11H14N2. The predicted octanol–water partition coefficient (Wildman–Crippen LogP) is 2.44. The number of aromatic nitrogens is 2. The van der Waals surface area contributed by atoms with Crippen LogP contribution in [0.2, 0.25) is 0 Å². The predicted molar refractivity (Wildman–Crippen MR) is 54.8 cm³/mol. The lowest BCUT2D eigenvalue weighted by atomic mass is 10.1. The first kappa shape index (κ1) is 8.30. The summed E-state index contributed by atoms with van der Waals surface area (Å²) in [4.78, 5) is 0. The Kier molecular flexibility index (Phi) is 1.83. The molecule has 1 aromatic heterocycles. The van der Waals surface area contributed by atoms with Gasteiger partial charge in [0.05, 0.1) is 11.2 Å². The third kappa shape index (κ3) is 1.22. The average Bonchev–Trinajstić information content (AvgIpc) is 2.43. The zero-order chi connectivity index (χ0) is 9.42. The van der Waals surface area contributed by atoms with Crippen LogP contribution in [0.25, 0.3) is 10.9 Å². The molecule has 0 aliphatic heterocycles. The molecule has 1 aromatic carbocycles. The average molecular weight is 174 g/mol. The van der Waals surface area contributed by atoms with Crippen molar-refractivity contribution in [1.29, 1.82) is 0 Å². The summed E-state index contributed by atoms with van der Waals surface area (Å²) in [5, 5.41) is 5.75. The number of hydrogen-bond donors (Lipinski definition) is 0. The van der Waals surface area contributed by atoms with Crippen LogP contribution in [0.1, 0.15) is 18.2 Å². The highest BCUT2D eigenvalue weighted by Gasteiger charge is 2.05. The second-order valence-corrected chi connectivity index (χ2v) is 3.44. The van der Waals surface area contributed by atoms with E-state index in [-0.39, 0.29) is 0 Å². The third-order valence-corrected chi connectivity index (χ3v) is 2.42. The molecule has 1 heterocycles. The van der Waals surface area contributed by atoms with Crippen molar-refractivity contribution >= 4 is 10.9 Å². The molecule has 0 N–H and O–H groups in total. The van der Waals surface area contributed by atoms with Crippen molar-refractivity contribution in [3.63, 3.8) is 0 Å². The van der Waals surface area contributed by atoms with E-state index in [1.54, 1.807) is 0 Å². The van der Waals surface area contributed by atoms with E-state index in [1.807, 2.05) is 11.7 Å². The van der Waals surface area contributed by atoms with Crippen molar-refractivity contribution in [3.05, 3.63) is 29.5 Å². The van der Waals surface area contributed by atoms with Crippen molar-refractivity contribution < 1.29 is 0 Å². The zero-order valence-corrected chi connectivity index (χ0v) is 8.33. The van der Waals surface area contributed by atoms with Crippen LogP contribution in [0.5, 0.6) is 0 Å². The van der Waals surface area contributed by atoms with Crippen LogP contribution >= 0.6 is 0 Å². The molecule has 13 heavy (non-hydrogen) atoms. The zero-order valence-electron chi connectivity index (χ0n) is 8.33. The maximum absolute atomic E-state index is 4.47. The Morgan fingerprint density at radius 2 is 2.15 bits per heavy atom. The quantitative estimate of drug-likeness (QED) is 0.649. The Morgan fingerprint density at radius 3 is 2.85 bits per heavy atom. The number of fused-ring (bicyclic) bond motifs is 1. The Hall–Kier alpha value is -1.31. The number of benzene rings is 1. The van der Waals surface area contributed by atoms with E-state index in [4.69, 9.17) is 0 Å². The van der Waals surface area contributed by atoms with Gasteiger partial charge in [-0.25, -0.2) is 0 Å². The van der Waals surface area contributed by atoms with E-state index in [9.17, 15) is 0 Å². The maximum atomic E-state index is 4.47. The second kappa shape index (κ2) is 2.87.